The van der Waals surface area contributed by atoms with Crippen molar-refractivity contribution in [3.63, 3.8) is 0 Å². The van der Waals surface area contributed by atoms with Crippen LogP contribution >= 0.6 is 0 Å². The van der Waals surface area contributed by atoms with Gasteiger partial charge in [-0.25, -0.2) is 0 Å². The number of fused-ring (bicyclic) bond motifs is 1. The third kappa shape index (κ3) is 3.18. The molecule has 1 aliphatic rings. The lowest BCUT2D eigenvalue weighted by molar-refractivity contribution is -0.121. The molecule has 5 nitrogen and oxygen atoms in total. The lowest BCUT2D eigenvalue weighted by Crippen LogP contribution is -2.26. The fourth-order valence-electron chi connectivity index (χ4n) is 2.27. The maximum Gasteiger partial charge on any atom is 0.231 e. The van der Waals surface area contributed by atoms with E-state index in [0.717, 1.165) is 22.8 Å². The van der Waals surface area contributed by atoms with E-state index in [-0.39, 0.29) is 18.7 Å². The Balaban J connectivity index is 1.55. The molecule has 1 aliphatic heterocycles. The number of carbonyl (C=O) groups is 1. The topological polar surface area (TPSA) is 60.7 Å². The summed E-state index contributed by atoms with van der Waals surface area (Å²) in [5, 5.41) is 2.97. The molecule has 2 aromatic rings. The average molecular weight is 287 g/mol. The number of benzene rings is 1. The van der Waals surface area contributed by atoms with Gasteiger partial charge in [-0.1, -0.05) is 6.07 Å². The summed E-state index contributed by atoms with van der Waals surface area (Å²) in [6.07, 6.45) is 2.62. The van der Waals surface area contributed by atoms with Crippen molar-refractivity contribution < 1.29 is 18.7 Å². The molecule has 3 rings (SSSR count). The first-order valence-corrected chi connectivity index (χ1v) is 6.93. The van der Waals surface area contributed by atoms with Gasteiger partial charge in [0.2, 0.25) is 12.7 Å². The summed E-state index contributed by atoms with van der Waals surface area (Å²) in [6, 6.07) is 9.31. The minimum absolute atomic E-state index is 0.00318. The molecule has 0 bridgehead atoms. The van der Waals surface area contributed by atoms with Gasteiger partial charge in [0.25, 0.3) is 0 Å². The van der Waals surface area contributed by atoms with E-state index in [1.807, 2.05) is 37.3 Å². The molecular formula is C16H17NO4. The van der Waals surface area contributed by atoms with Gasteiger partial charge in [0.05, 0.1) is 12.3 Å². The van der Waals surface area contributed by atoms with E-state index in [9.17, 15) is 4.79 Å². The fourth-order valence-corrected chi connectivity index (χ4v) is 2.27. The molecule has 0 aliphatic carbocycles. The lowest BCUT2D eigenvalue weighted by Gasteiger charge is -2.14. The predicted octanol–water partition coefficient (Wildman–Crippen LogP) is 2.82. The van der Waals surface area contributed by atoms with Crippen LogP contribution in [0.2, 0.25) is 0 Å². The highest BCUT2D eigenvalue weighted by molar-refractivity contribution is 5.76. The molecule has 0 saturated heterocycles. The van der Waals surface area contributed by atoms with Gasteiger partial charge < -0.3 is 19.2 Å². The molecule has 0 fully saturated rings. The van der Waals surface area contributed by atoms with Gasteiger partial charge in [-0.15, -0.1) is 0 Å². The molecule has 5 heteroatoms. The van der Waals surface area contributed by atoms with Crippen LogP contribution in [0.4, 0.5) is 0 Å². The summed E-state index contributed by atoms with van der Waals surface area (Å²) in [6.45, 7) is 2.20. The second kappa shape index (κ2) is 5.91. The average Bonchev–Trinajstić information content (AvgIpc) is 3.15. The summed E-state index contributed by atoms with van der Waals surface area (Å²) < 4.78 is 15.8. The number of rotatable bonds is 5. The van der Waals surface area contributed by atoms with E-state index in [1.54, 1.807) is 6.26 Å². The van der Waals surface area contributed by atoms with Crippen molar-refractivity contribution in [3.05, 3.63) is 47.9 Å². The van der Waals surface area contributed by atoms with E-state index in [0.29, 0.717) is 12.8 Å². The zero-order valence-electron chi connectivity index (χ0n) is 11.8. The highest BCUT2D eigenvalue weighted by Crippen LogP contribution is 2.34. The molecule has 0 saturated carbocycles. The Hall–Kier alpha value is -2.43. The molecule has 0 radical (unpaired) electrons. The van der Waals surface area contributed by atoms with Crippen LogP contribution in [0.5, 0.6) is 11.5 Å². The number of ether oxygens (including phenoxy) is 2. The molecule has 1 N–H and O–H groups in total. The van der Waals surface area contributed by atoms with E-state index in [4.69, 9.17) is 13.9 Å². The lowest BCUT2D eigenvalue weighted by atomic mass is 10.1. The second-order valence-electron chi connectivity index (χ2n) is 4.98. The first kappa shape index (κ1) is 13.5. The zero-order chi connectivity index (χ0) is 14.7. The third-order valence-electron chi connectivity index (χ3n) is 3.45. The van der Waals surface area contributed by atoms with Gasteiger partial charge in [0.1, 0.15) is 5.76 Å². The summed E-state index contributed by atoms with van der Waals surface area (Å²) in [4.78, 5) is 11.9. The molecule has 110 valence electrons. The standard InChI is InChI=1S/C16H17NO4/c1-11(12-4-6-14-15(9-12)21-10-20-14)17-16(18)7-5-13-3-2-8-19-13/h2-4,6,8-9,11H,5,7,10H2,1H3,(H,17,18)/t11-/m0/s1. The van der Waals surface area contributed by atoms with Gasteiger partial charge in [-0.05, 0) is 36.8 Å². The van der Waals surface area contributed by atoms with Crippen molar-refractivity contribution in [1.82, 2.24) is 5.32 Å². The van der Waals surface area contributed by atoms with Crippen LogP contribution in [0.3, 0.4) is 0 Å². The summed E-state index contributed by atoms with van der Waals surface area (Å²) in [5.41, 5.74) is 0.991. The number of hydrogen-bond acceptors (Lipinski definition) is 4. The molecule has 1 aromatic carbocycles. The minimum atomic E-state index is -0.0800. The van der Waals surface area contributed by atoms with Gasteiger partial charge in [0.15, 0.2) is 11.5 Å². The van der Waals surface area contributed by atoms with Crippen molar-refractivity contribution in [2.75, 3.05) is 6.79 Å². The van der Waals surface area contributed by atoms with Crippen LogP contribution in [0.15, 0.2) is 41.0 Å². The summed E-state index contributed by atoms with van der Waals surface area (Å²) in [5.74, 6) is 2.29. The van der Waals surface area contributed by atoms with Crippen molar-refractivity contribution in [2.24, 2.45) is 0 Å². The maximum absolute atomic E-state index is 11.9. The first-order valence-electron chi connectivity index (χ1n) is 6.93. The van der Waals surface area contributed by atoms with Crippen molar-refractivity contribution >= 4 is 5.91 Å². The number of hydrogen-bond donors (Lipinski definition) is 1. The van der Waals surface area contributed by atoms with Crippen LogP contribution in [-0.4, -0.2) is 12.7 Å². The number of furan rings is 1. The van der Waals surface area contributed by atoms with Crippen molar-refractivity contribution in [2.45, 2.75) is 25.8 Å². The second-order valence-corrected chi connectivity index (χ2v) is 4.98. The summed E-state index contributed by atoms with van der Waals surface area (Å²) in [7, 11) is 0. The maximum atomic E-state index is 11.9. The van der Waals surface area contributed by atoms with Crippen LogP contribution in [-0.2, 0) is 11.2 Å². The third-order valence-corrected chi connectivity index (χ3v) is 3.45. The monoisotopic (exact) mass is 287 g/mol. The SMILES string of the molecule is C[C@H](NC(=O)CCc1ccco1)c1ccc2c(c1)OCO2. The Morgan fingerprint density at radius 1 is 1.29 bits per heavy atom. The van der Waals surface area contributed by atoms with E-state index in [1.165, 1.54) is 0 Å². The molecule has 2 heterocycles. The number of carbonyl (C=O) groups excluding carboxylic acids is 1. The fraction of sp³-hybridized carbons (Fsp3) is 0.312. The van der Waals surface area contributed by atoms with E-state index < -0.39 is 0 Å². The molecule has 1 atom stereocenters. The molecule has 21 heavy (non-hydrogen) atoms. The number of nitrogens with one attached hydrogen (secondary N) is 1. The van der Waals surface area contributed by atoms with Gasteiger partial charge in [-0.3, -0.25) is 4.79 Å². The molecule has 1 aromatic heterocycles. The first-order chi connectivity index (χ1) is 10.2. The van der Waals surface area contributed by atoms with Crippen LogP contribution in [0, 0.1) is 0 Å². The van der Waals surface area contributed by atoms with Gasteiger partial charge in [0, 0.05) is 12.8 Å². The molecule has 1 amide bonds. The Morgan fingerprint density at radius 2 is 2.14 bits per heavy atom. The highest BCUT2D eigenvalue weighted by atomic mass is 16.7. The Bertz CT molecular complexity index is 621. The van der Waals surface area contributed by atoms with Crippen LogP contribution < -0.4 is 14.8 Å². The van der Waals surface area contributed by atoms with E-state index >= 15 is 0 Å². The van der Waals surface area contributed by atoms with Gasteiger partial charge in [-0.2, -0.15) is 0 Å². The predicted molar refractivity (Wildman–Crippen MR) is 76.2 cm³/mol. The number of amides is 1. The molecular weight excluding hydrogens is 270 g/mol. The van der Waals surface area contributed by atoms with Crippen molar-refractivity contribution in [1.29, 1.82) is 0 Å². The molecule has 0 unspecified atom stereocenters. The minimum Gasteiger partial charge on any atom is -0.469 e. The quantitative estimate of drug-likeness (QED) is 0.918. The Morgan fingerprint density at radius 3 is 2.95 bits per heavy atom. The van der Waals surface area contributed by atoms with E-state index in [2.05, 4.69) is 5.32 Å². The summed E-state index contributed by atoms with van der Waals surface area (Å²) >= 11 is 0. The Kier molecular flexibility index (Phi) is 3.81. The normalized spacial score (nSPS) is 14.0. The smallest absolute Gasteiger partial charge is 0.231 e. The number of aryl methyl sites for hydroxylation is 1. The van der Waals surface area contributed by atoms with Crippen LogP contribution in [0.25, 0.3) is 0 Å². The largest absolute Gasteiger partial charge is 0.469 e. The van der Waals surface area contributed by atoms with Crippen LogP contribution in [0.1, 0.15) is 30.7 Å². The van der Waals surface area contributed by atoms with Crippen molar-refractivity contribution in [3.8, 4) is 11.5 Å². The highest BCUT2D eigenvalue weighted by Gasteiger charge is 2.16. The zero-order valence-corrected chi connectivity index (χ0v) is 11.8. The Labute approximate surface area is 122 Å². The van der Waals surface area contributed by atoms with Gasteiger partial charge >= 0.3 is 0 Å². The molecule has 0 spiro atoms.